The number of carboxylic acids is 1. The van der Waals surface area contributed by atoms with Crippen molar-refractivity contribution in [2.45, 2.75) is 83.0 Å². The quantitative estimate of drug-likeness (QED) is 0.314. The molecule has 0 saturated carbocycles. The maximum Gasteiger partial charge on any atom is 0.410 e. The predicted molar refractivity (Wildman–Crippen MR) is 180 cm³/mol. The number of amides is 2. The van der Waals surface area contributed by atoms with Gasteiger partial charge in [-0.2, -0.15) is 4.98 Å². The zero-order chi connectivity index (χ0) is 35.2. The number of nitrogens with one attached hydrogen (secondary N) is 1. The largest absolute Gasteiger partial charge is 0.479 e. The Morgan fingerprint density at radius 3 is 2.53 bits per heavy atom. The van der Waals surface area contributed by atoms with Crippen LogP contribution in [-0.4, -0.2) is 115 Å². The molecule has 3 fully saturated rings. The highest BCUT2D eigenvalue weighted by Gasteiger charge is 2.44. The molecule has 3 N–H and O–H groups in total. The minimum Gasteiger partial charge on any atom is -0.479 e. The van der Waals surface area contributed by atoms with Crippen molar-refractivity contribution in [3.63, 3.8) is 0 Å². The second-order valence-electron chi connectivity index (χ2n) is 14.2. The van der Waals surface area contributed by atoms with Gasteiger partial charge in [0, 0.05) is 57.8 Å². The molecule has 0 radical (unpaired) electrons. The smallest absolute Gasteiger partial charge is 0.410 e. The lowest BCUT2D eigenvalue weighted by atomic mass is 9.91. The normalized spacial score (nSPS) is 23.7. The Morgan fingerprint density at radius 2 is 1.82 bits per heavy atom. The number of anilines is 2. The number of carbonyl (C=O) groups is 3. The van der Waals surface area contributed by atoms with Crippen LogP contribution in [0.1, 0.15) is 53.2 Å². The first-order valence-corrected chi connectivity index (χ1v) is 16.8. The summed E-state index contributed by atoms with van der Waals surface area (Å²) in [4.78, 5) is 57.2. The minimum absolute atomic E-state index is 0.0132. The van der Waals surface area contributed by atoms with Crippen LogP contribution in [0.2, 0.25) is 5.02 Å². The molecule has 0 aliphatic carbocycles. The molecule has 0 spiro atoms. The van der Waals surface area contributed by atoms with Crippen molar-refractivity contribution >= 4 is 47.0 Å². The molecule has 4 unspecified atom stereocenters. The molecule has 0 bridgehead atoms. The van der Waals surface area contributed by atoms with E-state index < -0.39 is 41.5 Å². The van der Waals surface area contributed by atoms with Crippen molar-refractivity contribution in [1.29, 1.82) is 0 Å². The number of hydrogen-bond donors (Lipinski definition) is 3. The first-order valence-electron chi connectivity index (χ1n) is 16.5. The Kier molecular flexibility index (Phi) is 9.37. The van der Waals surface area contributed by atoms with Crippen LogP contribution < -0.4 is 15.1 Å². The average Bonchev–Trinajstić information content (AvgIpc) is 3.46. The fourth-order valence-corrected chi connectivity index (χ4v) is 6.89. The first-order chi connectivity index (χ1) is 23.1. The third-order valence-electron chi connectivity index (χ3n) is 9.60. The number of pyridine rings is 1. The molecular formula is C33H43ClN8O7. The van der Waals surface area contributed by atoms with Gasteiger partial charge in [0.15, 0.2) is 11.9 Å². The van der Waals surface area contributed by atoms with Gasteiger partial charge in [0.25, 0.3) is 0 Å². The molecule has 3 aromatic rings. The van der Waals surface area contributed by atoms with E-state index in [9.17, 15) is 24.6 Å². The highest BCUT2D eigenvalue weighted by molar-refractivity contribution is 6.32. The van der Waals surface area contributed by atoms with Crippen molar-refractivity contribution in [1.82, 2.24) is 29.6 Å². The molecule has 6 rings (SSSR count). The summed E-state index contributed by atoms with van der Waals surface area (Å²) < 4.78 is 13.5. The second-order valence-corrected chi connectivity index (χ2v) is 14.6. The van der Waals surface area contributed by atoms with Crippen molar-refractivity contribution in [3.05, 3.63) is 47.5 Å². The van der Waals surface area contributed by atoms with Crippen LogP contribution in [-0.2, 0) is 24.6 Å². The molecule has 3 aliphatic heterocycles. The summed E-state index contributed by atoms with van der Waals surface area (Å²) >= 11 is 6.54. The number of aliphatic hydroxyl groups is 1. The molecular weight excluding hydrogens is 656 g/mol. The standard InChI is InChI=1S/C33H43ClN8O7/c1-19-16-39(31(47)49-33(4,5)25-13-21(43)12-23(48-25)29(45)46)10-11-41(19)30-36-14-22(34)27(37-30)40-17-20(18-40)28(44)38-32(2,3)24-15-35-26-8-6-7-9-42(24)26/h6-9,14-15,19-21,23,25,43H,10-13,16-18H2,1-5H3,(H,38,44)(H,45,46). The van der Waals surface area contributed by atoms with Crippen molar-refractivity contribution < 1.29 is 34.1 Å². The molecule has 0 aromatic carbocycles. The summed E-state index contributed by atoms with van der Waals surface area (Å²) in [6.45, 7) is 11.2. The number of ether oxygens (including phenoxy) is 2. The van der Waals surface area contributed by atoms with Crippen LogP contribution >= 0.6 is 11.6 Å². The minimum atomic E-state index is -1.17. The van der Waals surface area contributed by atoms with Crippen LogP contribution in [0.25, 0.3) is 5.65 Å². The molecule has 264 valence electrons. The van der Waals surface area contributed by atoms with Gasteiger partial charge < -0.3 is 44.1 Å². The Morgan fingerprint density at radius 1 is 1.06 bits per heavy atom. The summed E-state index contributed by atoms with van der Waals surface area (Å²) in [7, 11) is 0. The third-order valence-corrected chi connectivity index (χ3v) is 9.87. The first kappa shape index (κ1) is 34.6. The van der Waals surface area contributed by atoms with Crippen molar-refractivity contribution in [3.8, 4) is 0 Å². The van der Waals surface area contributed by atoms with Gasteiger partial charge in [0.05, 0.1) is 35.6 Å². The van der Waals surface area contributed by atoms with E-state index in [1.165, 1.54) is 0 Å². The zero-order valence-corrected chi connectivity index (χ0v) is 29.0. The Hall–Kier alpha value is -4.21. The van der Waals surface area contributed by atoms with Crippen LogP contribution in [0.4, 0.5) is 16.6 Å². The van der Waals surface area contributed by atoms with Gasteiger partial charge in [-0.15, -0.1) is 0 Å². The van der Waals surface area contributed by atoms with Gasteiger partial charge in [-0.05, 0) is 46.8 Å². The lowest BCUT2D eigenvalue weighted by Crippen LogP contribution is -2.57. The van der Waals surface area contributed by atoms with E-state index in [1.807, 2.05) is 59.4 Å². The number of rotatable bonds is 8. The van der Waals surface area contributed by atoms with Crippen LogP contribution in [0.5, 0.6) is 0 Å². The number of aliphatic carboxylic acids is 1. The summed E-state index contributed by atoms with van der Waals surface area (Å²) in [6, 6.07) is 5.60. The molecule has 3 aromatic heterocycles. The maximum absolute atomic E-state index is 13.3. The van der Waals surface area contributed by atoms with E-state index >= 15 is 0 Å². The molecule has 3 saturated heterocycles. The molecule has 15 nitrogen and oxygen atoms in total. The molecule has 2 amide bonds. The number of fused-ring (bicyclic) bond motifs is 1. The molecule has 3 aliphatic rings. The molecule has 49 heavy (non-hydrogen) atoms. The average molecular weight is 699 g/mol. The Bertz CT molecular complexity index is 1730. The zero-order valence-electron chi connectivity index (χ0n) is 28.2. The number of halogens is 1. The van der Waals surface area contributed by atoms with Crippen molar-refractivity contribution in [2.75, 3.05) is 42.5 Å². The topological polar surface area (TPSA) is 175 Å². The number of carbonyl (C=O) groups excluding carboxylic acids is 2. The fourth-order valence-electron chi connectivity index (χ4n) is 6.68. The highest BCUT2D eigenvalue weighted by atomic mass is 35.5. The van der Waals surface area contributed by atoms with Crippen LogP contribution in [0, 0.1) is 5.92 Å². The van der Waals surface area contributed by atoms with Crippen molar-refractivity contribution in [2.24, 2.45) is 5.92 Å². The Balaban J connectivity index is 1.04. The monoisotopic (exact) mass is 698 g/mol. The van der Waals surface area contributed by atoms with Gasteiger partial charge in [-0.1, -0.05) is 17.7 Å². The number of carboxylic acid groups (broad SMARTS) is 1. The third kappa shape index (κ3) is 7.10. The van der Waals surface area contributed by atoms with E-state index in [0.717, 1.165) is 11.3 Å². The van der Waals surface area contributed by atoms with E-state index in [-0.39, 0.29) is 30.7 Å². The van der Waals surface area contributed by atoms with Gasteiger partial charge in [0.1, 0.15) is 22.4 Å². The van der Waals surface area contributed by atoms with Gasteiger partial charge in [0.2, 0.25) is 11.9 Å². The number of imidazole rings is 1. The summed E-state index contributed by atoms with van der Waals surface area (Å²) in [5.74, 6) is -0.469. The second kappa shape index (κ2) is 13.2. The molecule has 16 heteroatoms. The van der Waals surface area contributed by atoms with Gasteiger partial charge in [-0.3, -0.25) is 4.79 Å². The highest BCUT2D eigenvalue weighted by Crippen LogP contribution is 2.34. The van der Waals surface area contributed by atoms with Crippen LogP contribution in [0.3, 0.4) is 0 Å². The van der Waals surface area contributed by atoms with Gasteiger partial charge in [-0.25, -0.2) is 19.6 Å². The maximum atomic E-state index is 13.3. The summed E-state index contributed by atoms with van der Waals surface area (Å²) in [5, 5.41) is 23.1. The van der Waals surface area contributed by atoms with Gasteiger partial charge >= 0.3 is 12.1 Å². The number of aromatic nitrogens is 4. The predicted octanol–water partition coefficient (Wildman–Crippen LogP) is 2.68. The van der Waals surface area contributed by atoms with E-state index in [2.05, 4.69) is 15.3 Å². The number of hydrogen-bond acceptors (Lipinski definition) is 11. The Labute approximate surface area is 289 Å². The SMILES string of the molecule is CC1CN(C(=O)OC(C)(C)C2CC(O)CC(C(=O)O)O2)CCN1c1ncc(Cl)c(N2CC(C(=O)NC(C)(C)c3cnc4ccccn34)C2)n1. The van der Waals surface area contributed by atoms with E-state index in [0.29, 0.717) is 49.5 Å². The van der Waals surface area contributed by atoms with E-state index in [4.69, 9.17) is 26.1 Å². The molecule has 4 atom stereocenters. The summed E-state index contributed by atoms with van der Waals surface area (Å²) in [6.07, 6.45) is 2.04. The van der Waals surface area contributed by atoms with E-state index in [1.54, 1.807) is 31.1 Å². The summed E-state index contributed by atoms with van der Waals surface area (Å²) in [5.41, 5.74) is -0.119. The molecule has 6 heterocycles. The van der Waals surface area contributed by atoms with Crippen LogP contribution in [0.15, 0.2) is 36.8 Å². The number of nitrogens with zero attached hydrogens (tertiary/aromatic N) is 7. The lowest BCUT2D eigenvalue weighted by Gasteiger charge is -2.43. The fraction of sp³-hybridized carbons (Fsp3) is 0.576. The lowest BCUT2D eigenvalue weighted by molar-refractivity contribution is -0.189. The number of aliphatic hydroxyl groups excluding tert-OH is 1. The number of piperazine rings is 1.